The second kappa shape index (κ2) is 6.89. The van der Waals surface area contributed by atoms with Crippen molar-refractivity contribution < 1.29 is 8.78 Å². The highest BCUT2D eigenvalue weighted by molar-refractivity contribution is 7.71. The average molecular weight is 346 g/mol. The first kappa shape index (κ1) is 17.1. The van der Waals surface area contributed by atoms with Gasteiger partial charge in [0.1, 0.15) is 11.6 Å². The molecule has 1 aliphatic rings. The van der Waals surface area contributed by atoms with Gasteiger partial charge in [0.05, 0.1) is 0 Å². The molecule has 1 aromatic heterocycles. The van der Waals surface area contributed by atoms with Crippen LogP contribution in [0.25, 0.3) is 0 Å². The number of imidazole rings is 1. The zero-order valence-electron chi connectivity index (χ0n) is 11.9. The van der Waals surface area contributed by atoms with E-state index in [0.717, 1.165) is 30.2 Å². The number of H-pyrrole nitrogens is 1. The minimum atomic E-state index is -0.522. The van der Waals surface area contributed by atoms with Gasteiger partial charge in [-0.2, -0.15) is 0 Å². The Morgan fingerprint density at radius 1 is 1.36 bits per heavy atom. The zero-order chi connectivity index (χ0) is 15.0. The van der Waals surface area contributed by atoms with Crippen LogP contribution in [0.4, 0.5) is 8.78 Å². The fourth-order valence-corrected chi connectivity index (χ4v) is 3.49. The maximum atomic E-state index is 13.8. The van der Waals surface area contributed by atoms with Crippen LogP contribution in [0.1, 0.15) is 29.3 Å². The van der Waals surface area contributed by atoms with Gasteiger partial charge in [0, 0.05) is 30.4 Å². The molecular formula is C15H18ClF2N3S. The first-order chi connectivity index (χ1) is 10.1. The predicted molar refractivity (Wildman–Crippen MR) is 87.0 cm³/mol. The molecule has 120 valence electrons. The van der Waals surface area contributed by atoms with E-state index in [2.05, 4.69) is 4.98 Å². The Bertz CT molecular complexity index is 726. The highest BCUT2D eigenvalue weighted by Crippen LogP contribution is 2.32. The third kappa shape index (κ3) is 3.09. The molecule has 22 heavy (non-hydrogen) atoms. The summed E-state index contributed by atoms with van der Waals surface area (Å²) in [5, 5.41) is 0. The standard InChI is InChI=1S/C15H17F2N3S.ClH/c16-10-5-9-6-11(1-2-13(9)14(17)7-10)20-12(3-4-18)8-19-15(20)21;/h5,7-8,11H,1-4,6,18H2,(H,19,21);1H/t11-;/m1./s1. The summed E-state index contributed by atoms with van der Waals surface area (Å²) < 4.78 is 29.9. The molecule has 3 nitrogen and oxygen atoms in total. The molecule has 2 aromatic rings. The van der Waals surface area contributed by atoms with Crippen LogP contribution < -0.4 is 5.73 Å². The lowest BCUT2D eigenvalue weighted by molar-refractivity contribution is 0.416. The Morgan fingerprint density at radius 3 is 2.86 bits per heavy atom. The van der Waals surface area contributed by atoms with Crippen LogP contribution in [-0.2, 0) is 19.3 Å². The van der Waals surface area contributed by atoms with Crippen LogP contribution in [0, 0.1) is 16.4 Å². The minimum absolute atomic E-state index is 0. The molecule has 7 heteroatoms. The van der Waals surface area contributed by atoms with E-state index in [4.69, 9.17) is 18.0 Å². The molecule has 0 radical (unpaired) electrons. The van der Waals surface area contributed by atoms with Gasteiger partial charge in [-0.3, -0.25) is 0 Å². The summed E-state index contributed by atoms with van der Waals surface area (Å²) >= 11 is 5.34. The van der Waals surface area contributed by atoms with Crippen molar-refractivity contribution in [1.82, 2.24) is 9.55 Å². The second-order valence-electron chi connectivity index (χ2n) is 5.42. The average Bonchev–Trinajstić information content (AvgIpc) is 2.79. The molecule has 0 spiro atoms. The number of hydrogen-bond acceptors (Lipinski definition) is 2. The highest BCUT2D eigenvalue weighted by atomic mass is 35.5. The number of aromatic amines is 1. The van der Waals surface area contributed by atoms with E-state index in [9.17, 15) is 8.78 Å². The quantitative estimate of drug-likeness (QED) is 0.837. The summed E-state index contributed by atoms with van der Waals surface area (Å²) in [6.45, 7) is 0.541. The van der Waals surface area contributed by atoms with Crippen molar-refractivity contribution in [2.45, 2.75) is 31.7 Å². The van der Waals surface area contributed by atoms with Gasteiger partial charge in [-0.05, 0) is 55.2 Å². The molecule has 0 saturated carbocycles. The lowest BCUT2D eigenvalue weighted by Gasteiger charge is -2.27. The molecule has 0 saturated heterocycles. The monoisotopic (exact) mass is 345 g/mol. The lowest BCUT2D eigenvalue weighted by atomic mass is 9.87. The number of nitrogens with one attached hydrogen (secondary N) is 1. The summed E-state index contributed by atoms with van der Waals surface area (Å²) in [4.78, 5) is 3.04. The molecule has 3 N–H and O–H groups in total. The molecule has 1 heterocycles. The second-order valence-corrected chi connectivity index (χ2v) is 5.80. The molecule has 3 rings (SSSR count). The molecule has 0 aliphatic heterocycles. The van der Waals surface area contributed by atoms with Crippen LogP contribution in [-0.4, -0.2) is 16.1 Å². The topological polar surface area (TPSA) is 46.7 Å². The third-order valence-electron chi connectivity index (χ3n) is 4.09. The summed E-state index contributed by atoms with van der Waals surface area (Å²) in [5.41, 5.74) is 8.05. The molecule has 0 fully saturated rings. The summed E-state index contributed by atoms with van der Waals surface area (Å²) in [7, 11) is 0. The van der Waals surface area contributed by atoms with Crippen LogP contribution in [0.3, 0.4) is 0 Å². The number of benzene rings is 1. The van der Waals surface area contributed by atoms with Crippen LogP contribution in [0.15, 0.2) is 18.3 Å². The number of fused-ring (bicyclic) bond motifs is 1. The highest BCUT2D eigenvalue weighted by Gasteiger charge is 2.25. The first-order valence-electron chi connectivity index (χ1n) is 7.05. The maximum Gasteiger partial charge on any atom is 0.177 e. The predicted octanol–water partition coefficient (Wildman–Crippen LogP) is 3.48. The number of nitrogens with zero attached hydrogens (tertiary/aromatic N) is 1. The van der Waals surface area contributed by atoms with Crippen molar-refractivity contribution in [1.29, 1.82) is 0 Å². The number of nitrogens with two attached hydrogens (primary N) is 1. The van der Waals surface area contributed by atoms with Crippen molar-refractivity contribution in [3.8, 4) is 0 Å². The van der Waals surface area contributed by atoms with E-state index < -0.39 is 11.6 Å². The van der Waals surface area contributed by atoms with Crippen molar-refractivity contribution >= 4 is 24.6 Å². The molecule has 0 bridgehead atoms. The summed E-state index contributed by atoms with van der Waals surface area (Å²) in [5.74, 6) is -0.963. The van der Waals surface area contributed by atoms with E-state index in [1.807, 2.05) is 10.8 Å². The fourth-order valence-electron chi connectivity index (χ4n) is 3.16. The van der Waals surface area contributed by atoms with Gasteiger partial charge in [0.15, 0.2) is 4.77 Å². The summed E-state index contributed by atoms with van der Waals surface area (Å²) in [6.07, 6.45) is 4.58. The Morgan fingerprint density at radius 2 is 2.14 bits per heavy atom. The number of halogens is 3. The van der Waals surface area contributed by atoms with E-state index >= 15 is 0 Å². The lowest BCUT2D eigenvalue weighted by Crippen LogP contribution is -2.22. The first-order valence-corrected chi connectivity index (χ1v) is 7.46. The summed E-state index contributed by atoms with van der Waals surface area (Å²) in [6, 6.07) is 2.52. The molecular weight excluding hydrogens is 328 g/mol. The molecule has 1 aromatic carbocycles. The van der Waals surface area contributed by atoms with Gasteiger partial charge in [0.2, 0.25) is 0 Å². The third-order valence-corrected chi connectivity index (χ3v) is 4.41. The Balaban J connectivity index is 0.00000176. The molecule has 1 aliphatic carbocycles. The van der Waals surface area contributed by atoms with Crippen LogP contribution >= 0.6 is 24.6 Å². The zero-order valence-corrected chi connectivity index (χ0v) is 13.6. The van der Waals surface area contributed by atoms with Gasteiger partial charge >= 0.3 is 0 Å². The molecule has 1 atom stereocenters. The van der Waals surface area contributed by atoms with Crippen molar-refractivity contribution in [3.63, 3.8) is 0 Å². The maximum absolute atomic E-state index is 13.8. The number of hydrogen-bond donors (Lipinski definition) is 2. The largest absolute Gasteiger partial charge is 0.337 e. The minimum Gasteiger partial charge on any atom is -0.337 e. The van der Waals surface area contributed by atoms with E-state index in [0.29, 0.717) is 29.7 Å². The van der Waals surface area contributed by atoms with Gasteiger partial charge in [0.25, 0.3) is 0 Å². The number of aromatic nitrogens is 2. The SMILES string of the molecule is Cl.NCCc1c[nH]c(=S)n1[C@@H]1CCc2c(F)cc(F)cc2C1. The van der Waals surface area contributed by atoms with Gasteiger partial charge < -0.3 is 15.3 Å². The Labute approximate surface area is 138 Å². The van der Waals surface area contributed by atoms with E-state index in [1.165, 1.54) is 6.07 Å². The van der Waals surface area contributed by atoms with Crippen molar-refractivity contribution in [2.24, 2.45) is 5.73 Å². The fraction of sp³-hybridized carbons (Fsp3) is 0.400. The Kier molecular flexibility index (Phi) is 5.36. The Hall–Kier alpha value is -1.24. The van der Waals surface area contributed by atoms with E-state index in [-0.39, 0.29) is 18.4 Å². The van der Waals surface area contributed by atoms with Gasteiger partial charge in [-0.15, -0.1) is 12.4 Å². The van der Waals surface area contributed by atoms with Gasteiger partial charge in [-0.1, -0.05) is 0 Å². The van der Waals surface area contributed by atoms with Crippen molar-refractivity contribution in [2.75, 3.05) is 6.54 Å². The van der Waals surface area contributed by atoms with Gasteiger partial charge in [-0.25, -0.2) is 8.78 Å². The van der Waals surface area contributed by atoms with E-state index in [1.54, 1.807) is 0 Å². The smallest absolute Gasteiger partial charge is 0.177 e. The van der Waals surface area contributed by atoms with Crippen LogP contribution in [0.5, 0.6) is 0 Å². The molecule has 0 unspecified atom stereocenters. The number of rotatable bonds is 3. The normalized spacial score (nSPS) is 17.0. The molecule has 0 amide bonds. The van der Waals surface area contributed by atoms with Crippen LogP contribution in [0.2, 0.25) is 0 Å². The van der Waals surface area contributed by atoms with Crippen molar-refractivity contribution in [3.05, 3.63) is 51.6 Å².